The van der Waals surface area contributed by atoms with Crippen molar-refractivity contribution in [3.63, 3.8) is 0 Å². The van der Waals surface area contributed by atoms with E-state index < -0.39 is 10.0 Å². The fourth-order valence-electron chi connectivity index (χ4n) is 3.48. The van der Waals surface area contributed by atoms with Crippen LogP contribution in [0.15, 0.2) is 66.1 Å². The summed E-state index contributed by atoms with van der Waals surface area (Å²) in [5, 5.41) is 6.67. The summed E-state index contributed by atoms with van der Waals surface area (Å²) in [6.07, 6.45) is 2.84. The molecule has 1 fully saturated rings. The molecule has 3 aromatic rings. The molecular formula is C21H25N6O3S2+. The number of rotatable bonds is 7. The normalized spacial score (nSPS) is 15.0. The van der Waals surface area contributed by atoms with E-state index in [2.05, 4.69) is 20.3 Å². The van der Waals surface area contributed by atoms with E-state index in [4.69, 9.17) is 0 Å². The van der Waals surface area contributed by atoms with Gasteiger partial charge < -0.3 is 10.2 Å². The van der Waals surface area contributed by atoms with E-state index in [9.17, 15) is 13.2 Å². The number of sulfonamides is 1. The van der Waals surface area contributed by atoms with E-state index in [-0.39, 0.29) is 11.7 Å². The van der Waals surface area contributed by atoms with Crippen molar-refractivity contribution in [3.05, 3.63) is 60.9 Å². The number of carbonyl (C=O) groups is 1. The third kappa shape index (κ3) is 5.47. The quantitative estimate of drug-likeness (QED) is 0.398. The molecule has 1 aliphatic rings. The van der Waals surface area contributed by atoms with Crippen molar-refractivity contribution >= 4 is 39.1 Å². The largest absolute Gasteiger partial charge is 0.385 e. The van der Waals surface area contributed by atoms with Gasteiger partial charge in [0.25, 0.3) is 0 Å². The Morgan fingerprint density at radius 2 is 1.78 bits per heavy atom. The fraction of sp³-hybridized carbons (Fsp3) is 0.286. The van der Waals surface area contributed by atoms with Gasteiger partial charge in [-0.1, -0.05) is 18.2 Å². The average Bonchev–Trinajstić information content (AvgIpc) is 3.27. The van der Waals surface area contributed by atoms with Crippen molar-refractivity contribution in [2.75, 3.05) is 48.4 Å². The van der Waals surface area contributed by atoms with Crippen LogP contribution in [0.1, 0.15) is 0 Å². The second kappa shape index (κ2) is 9.72. The number of anilines is 2. The maximum absolute atomic E-state index is 12.4. The summed E-state index contributed by atoms with van der Waals surface area (Å²) in [7, 11) is -3.14. The van der Waals surface area contributed by atoms with Crippen molar-refractivity contribution in [1.29, 1.82) is 0 Å². The summed E-state index contributed by atoms with van der Waals surface area (Å²) in [5.41, 5.74) is 2.67. The van der Waals surface area contributed by atoms with E-state index in [1.807, 2.05) is 59.3 Å². The molecule has 1 aromatic heterocycles. The zero-order valence-electron chi connectivity index (χ0n) is 17.6. The van der Waals surface area contributed by atoms with Gasteiger partial charge in [0.1, 0.15) is 0 Å². The van der Waals surface area contributed by atoms with Gasteiger partial charge in [0.2, 0.25) is 22.3 Å². The number of aromatic amines is 1. The number of hydrogen-bond acceptors (Lipinski definition) is 6. The van der Waals surface area contributed by atoms with Crippen molar-refractivity contribution in [3.8, 4) is 5.69 Å². The summed E-state index contributed by atoms with van der Waals surface area (Å²) in [6, 6.07) is 17.4. The van der Waals surface area contributed by atoms with E-state index >= 15 is 0 Å². The first-order valence-corrected chi connectivity index (χ1v) is 13.0. The molecule has 0 saturated carbocycles. The molecule has 1 aliphatic heterocycles. The molecule has 1 saturated heterocycles. The fourth-order valence-corrected chi connectivity index (χ4v) is 5.05. The highest BCUT2D eigenvalue weighted by Crippen LogP contribution is 2.21. The molecule has 0 unspecified atom stereocenters. The van der Waals surface area contributed by atoms with Gasteiger partial charge in [-0.3, -0.25) is 4.79 Å². The van der Waals surface area contributed by atoms with Crippen LogP contribution in [0.3, 0.4) is 0 Å². The Labute approximate surface area is 191 Å². The zero-order valence-corrected chi connectivity index (χ0v) is 19.3. The third-order valence-electron chi connectivity index (χ3n) is 5.12. The first-order valence-electron chi connectivity index (χ1n) is 10.1. The average molecular weight is 474 g/mol. The van der Waals surface area contributed by atoms with Gasteiger partial charge in [-0.2, -0.15) is 9.40 Å². The van der Waals surface area contributed by atoms with Crippen molar-refractivity contribution in [2.45, 2.75) is 5.16 Å². The SMILES string of the molecule is CS(=O)(=O)N1CCN(c2ccc(NC(=O)CSc3nc[nH][n+]3-c3ccccc3)cc2)CC1. The molecule has 9 nitrogen and oxygen atoms in total. The van der Waals surface area contributed by atoms with E-state index in [0.29, 0.717) is 37.0 Å². The van der Waals surface area contributed by atoms with Gasteiger partial charge in [0.05, 0.1) is 12.0 Å². The molecule has 0 radical (unpaired) electrons. The van der Waals surface area contributed by atoms with Crippen LogP contribution < -0.4 is 14.9 Å². The number of nitrogens with zero attached hydrogens (tertiary/aromatic N) is 4. The number of amides is 1. The molecule has 0 atom stereocenters. The second-order valence-corrected chi connectivity index (χ2v) is 10.3. The maximum atomic E-state index is 12.4. The van der Waals surface area contributed by atoms with E-state index in [1.165, 1.54) is 22.3 Å². The zero-order chi connectivity index (χ0) is 22.6. The summed E-state index contributed by atoms with van der Waals surface area (Å²) >= 11 is 1.35. The summed E-state index contributed by atoms with van der Waals surface area (Å²) in [4.78, 5) is 18.9. The minimum atomic E-state index is -3.14. The Morgan fingerprint density at radius 1 is 1.09 bits per heavy atom. The number of benzene rings is 2. The minimum absolute atomic E-state index is 0.118. The third-order valence-corrected chi connectivity index (χ3v) is 7.38. The number of nitrogens with one attached hydrogen (secondary N) is 2. The number of H-pyrrole nitrogens is 1. The monoisotopic (exact) mass is 473 g/mol. The van der Waals surface area contributed by atoms with Crippen LogP contribution in [-0.4, -0.2) is 66.9 Å². The number of thioether (sulfide) groups is 1. The van der Waals surface area contributed by atoms with Crippen LogP contribution in [0, 0.1) is 0 Å². The molecule has 11 heteroatoms. The molecule has 0 spiro atoms. The number of carbonyl (C=O) groups excluding carboxylic acids is 1. The predicted molar refractivity (Wildman–Crippen MR) is 125 cm³/mol. The van der Waals surface area contributed by atoms with Gasteiger partial charge in [-0.25, -0.2) is 8.42 Å². The van der Waals surface area contributed by atoms with Gasteiger partial charge in [0.15, 0.2) is 5.69 Å². The van der Waals surface area contributed by atoms with Gasteiger partial charge in [0, 0.05) is 37.6 Å². The summed E-state index contributed by atoms with van der Waals surface area (Å²) in [5.74, 6) is 0.111. The van der Waals surface area contributed by atoms with Crippen LogP contribution >= 0.6 is 11.8 Å². The highest BCUT2D eigenvalue weighted by atomic mass is 32.2. The van der Waals surface area contributed by atoms with Gasteiger partial charge >= 0.3 is 5.16 Å². The van der Waals surface area contributed by atoms with E-state index in [0.717, 1.165) is 11.4 Å². The smallest absolute Gasteiger partial charge is 0.369 e. The van der Waals surface area contributed by atoms with Crippen LogP contribution in [0.5, 0.6) is 0 Å². The molecule has 0 aliphatic carbocycles. The van der Waals surface area contributed by atoms with Crippen LogP contribution in [0.4, 0.5) is 11.4 Å². The molecule has 2 aromatic carbocycles. The topological polar surface area (TPSA) is 102 Å². The predicted octanol–water partition coefficient (Wildman–Crippen LogP) is 1.50. The summed E-state index contributed by atoms with van der Waals surface area (Å²) < 4.78 is 26.6. The first-order chi connectivity index (χ1) is 15.4. The summed E-state index contributed by atoms with van der Waals surface area (Å²) in [6.45, 7) is 2.23. The molecule has 2 heterocycles. The van der Waals surface area contributed by atoms with Crippen LogP contribution in [-0.2, 0) is 14.8 Å². The number of hydrogen-bond donors (Lipinski definition) is 2. The van der Waals surface area contributed by atoms with Gasteiger partial charge in [-0.05, 0) is 53.1 Å². The standard InChI is InChI=1S/C21H24N6O3S2/c1-32(29,30)26-13-11-25(12-14-26)18-9-7-17(8-10-18)24-20(28)15-31-21-22-16-23-27(21)19-5-3-2-4-6-19/h2-10,16H,11-15H2,1H3,(H,24,28)/p+1. The number of piperazine rings is 1. The number of para-hydroxylation sites is 1. The highest BCUT2D eigenvalue weighted by Gasteiger charge is 2.23. The highest BCUT2D eigenvalue weighted by molar-refractivity contribution is 7.99. The Hall–Kier alpha value is -2.89. The Kier molecular flexibility index (Phi) is 6.77. The minimum Gasteiger partial charge on any atom is -0.369 e. The molecular weight excluding hydrogens is 448 g/mol. The number of aromatic nitrogens is 3. The van der Waals surface area contributed by atoms with Crippen molar-refractivity contribution in [1.82, 2.24) is 14.4 Å². The molecule has 168 valence electrons. The molecule has 4 rings (SSSR count). The Bertz CT molecular complexity index is 1160. The Balaban J connectivity index is 1.29. The lowest BCUT2D eigenvalue weighted by molar-refractivity contribution is -0.694. The Morgan fingerprint density at radius 3 is 2.44 bits per heavy atom. The molecule has 32 heavy (non-hydrogen) atoms. The van der Waals surface area contributed by atoms with Crippen molar-refractivity contribution < 1.29 is 17.9 Å². The van der Waals surface area contributed by atoms with Crippen LogP contribution in [0.2, 0.25) is 0 Å². The molecule has 2 N–H and O–H groups in total. The molecule has 1 amide bonds. The molecule has 0 bridgehead atoms. The second-order valence-electron chi connectivity index (χ2n) is 7.37. The lowest BCUT2D eigenvalue weighted by Gasteiger charge is -2.34. The van der Waals surface area contributed by atoms with Crippen molar-refractivity contribution in [2.24, 2.45) is 0 Å². The van der Waals surface area contributed by atoms with Crippen LogP contribution in [0.25, 0.3) is 5.69 Å². The van der Waals surface area contributed by atoms with Gasteiger partial charge in [-0.15, -0.1) is 4.68 Å². The maximum Gasteiger partial charge on any atom is 0.385 e. The van der Waals surface area contributed by atoms with E-state index in [1.54, 1.807) is 6.33 Å². The lowest BCUT2D eigenvalue weighted by atomic mass is 10.2. The lowest BCUT2D eigenvalue weighted by Crippen LogP contribution is -2.48. The first kappa shape index (κ1) is 22.3.